The number of nitrogens with zero attached hydrogens (tertiary/aromatic N) is 4. The van der Waals surface area contributed by atoms with E-state index in [4.69, 9.17) is 5.32 Å². The first-order valence-electron chi connectivity index (χ1n) is 25.6. The number of aryl methyl sites for hydroxylation is 2. The van der Waals surface area contributed by atoms with Crippen LogP contribution in [0, 0.1) is 66.1 Å². The summed E-state index contributed by atoms with van der Waals surface area (Å²) >= 11 is 0. The van der Waals surface area contributed by atoms with Crippen LogP contribution in [0.1, 0.15) is 121 Å². The van der Waals surface area contributed by atoms with Crippen LogP contribution in [0.25, 0.3) is 32.8 Å². The monoisotopic (exact) mass is 862 g/mol. The maximum Gasteiger partial charge on any atom is 0.101 e. The Kier molecular flexibility index (Phi) is 10.3. The van der Waals surface area contributed by atoms with Gasteiger partial charge in [0.15, 0.2) is 0 Å². The molecular weight excluding hydrogens is 793 g/mol. The number of rotatable bonds is 5. The van der Waals surface area contributed by atoms with Crippen molar-refractivity contribution in [2.75, 3.05) is 4.90 Å². The molecule has 12 atom stereocenters. The number of allylic oxidation sites excluding steroid dienone is 6. The molecule has 3 aromatic carbocycles. The second-order valence-corrected chi connectivity index (χ2v) is 22.4. The summed E-state index contributed by atoms with van der Waals surface area (Å²) in [7, 11) is 0. The fourth-order valence-electron chi connectivity index (χ4n) is 16.1. The molecule has 12 unspecified atom stereocenters. The van der Waals surface area contributed by atoms with Gasteiger partial charge in [-0.2, -0.15) is 5.26 Å². The third-order valence-corrected chi connectivity index (χ3v) is 18.5. The fraction of sp³-hybridized carbons (Fsp3) is 0.508. The maximum atomic E-state index is 11.5. The Bertz CT molecular complexity index is 2720. The summed E-state index contributed by atoms with van der Waals surface area (Å²) in [5.74, 6) is 4.38. The topological polar surface area (TPSA) is 70.1 Å². The minimum atomic E-state index is -0.222. The zero-order valence-corrected chi connectivity index (χ0v) is 39.7. The lowest BCUT2D eigenvalue weighted by molar-refractivity contribution is 0.0619. The number of para-hydroxylation sites is 2. The van der Waals surface area contributed by atoms with Crippen LogP contribution in [0.3, 0.4) is 0 Å². The molecule has 2 aliphatic heterocycles. The van der Waals surface area contributed by atoms with Crippen LogP contribution in [0.4, 0.5) is 5.69 Å². The number of hydrogen-bond donors (Lipinski definition) is 2. The minimum absolute atomic E-state index is 0.0357. The molecule has 0 bridgehead atoms. The van der Waals surface area contributed by atoms with Gasteiger partial charge in [-0.25, -0.2) is 0 Å². The van der Waals surface area contributed by atoms with Crippen LogP contribution in [-0.4, -0.2) is 35.1 Å². The van der Waals surface area contributed by atoms with Crippen molar-refractivity contribution in [3.63, 3.8) is 0 Å². The van der Waals surface area contributed by atoms with Crippen molar-refractivity contribution in [1.82, 2.24) is 15.2 Å². The van der Waals surface area contributed by atoms with Gasteiger partial charge in [0.2, 0.25) is 0 Å². The zero-order chi connectivity index (χ0) is 44.3. The first kappa shape index (κ1) is 41.7. The van der Waals surface area contributed by atoms with Crippen LogP contribution in [0.15, 0.2) is 113 Å². The normalized spacial score (nSPS) is 35.2. The molecule has 12 rings (SSSR count). The fourth-order valence-corrected chi connectivity index (χ4v) is 16.1. The Morgan fingerprint density at radius 1 is 0.800 bits per heavy atom. The van der Waals surface area contributed by atoms with E-state index in [2.05, 4.69) is 159 Å². The number of aromatic nitrogens is 1. The molecule has 0 amide bonds. The number of anilines is 1. The van der Waals surface area contributed by atoms with E-state index in [1.807, 2.05) is 0 Å². The van der Waals surface area contributed by atoms with Gasteiger partial charge >= 0.3 is 0 Å². The van der Waals surface area contributed by atoms with E-state index >= 15 is 0 Å². The van der Waals surface area contributed by atoms with Crippen LogP contribution in [0.2, 0.25) is 0 Å². The molecule has 0 radical (unpaired) electrons. The molecule has 4 fully saturated rings. The molecule has 3 heterocycles. The number of benzene rings is 3. The van der Waals surface area contributed by atoms with Crippen molar-refractivity contribution in [3.05, 3.63) is 135 Å². The van der Waals surface area contributed by atoms with Gasteiger partial charge in [-0.3, -0.25) is 0 Å². The Morgan fingerprint density at radius 3 is 2.29 bits per heavy atom. The average Bonchev–Trinajstić information content (AvgIpc) is 3.92. The summed E-state index contributed by atoms with van der Waals surface area (Å²) in [6.07, 6.45) is 25.7. The molecule has 336 valence electrons. The SMILES string of the molecule is CC1=CC2c3cc(C)cc(C)c3N(C3CC(n4c5ccccc5c5ccccc54)=C(C#N)C=C3C3[N-]C(C4CCCC5C4C4CCCCC4C5(C)C)NC(C4CC=CCC4)N3)C2C(C)=C1. The molecule has 1 aromatic heterocycles. The van der Waals surface area contributed by atoms with Crippen LogP contribution >= 0.6 is 0 Å². The van der Waals surface area contributed by atoms with Crippen molar-refractivity contribution < 1.29 is 0 Å². The summed E-state index contributed by atoms with van der Waals surface area (Å²) in [5.41, 5.74) is 14.0. The lowest BCUT2D eigenvalue weighted by atomic mass is 9.64. The highest BCUT2D eigenvalue weighted by atomic mass is 15.4. The zero-order valence-electron chi connectivity index (χ0n) is 39.7. The highest BCUT2D eigenvalue weighted by Crippen LogP contribution is 2.65. The minimum Gasteiger partial charge on any atom is -0.628 e. The molecule has 4 aromatic rings. The predicted molar refractivity (Wildman–Crippen MR) is 268 cm³/mol. The molecule has 6 aliphatic carbocycles. The standard InChI is InChI=1S/C59H69N6/c1-34-27-36(3)54-44(29-34)45-30-35(2)28-37(4)55(45)65(54)52-32-51(64-49-25-14-11-19-40(49)41-20-12-15-26-50(41)64)39(33-60)31-46(52)58-62-56(38-17-8-7-9-18-38)61-57(63-58)43-22-16-24-48-53(43)42-21-10-13-23-47(42)59(48,5)6/h7-8,11-12,14-15,19-20,25-31,38,42-44,47-48,52-54,56-58,61-62H,9-10,13,16-18,21-24,32H2,1-6H3/q-1. The summed E-state index contributed by atoms with van der Waals surface area (Å²) in [5, 5.41) is 28.6. The Morgan fingerprint density at radius 2 is 1.54 bits per heavy atom. The summed E-state index contributed by atoms with van der Waals surface area (Å²) in [4.78, 5) is 2.83. The molecular formula is C59H69N6-. The van der Waals surface area contributed by atoms with Crippen molar-refractivity contribution in [1.29, 1.82) is 5.26 Å². The first-order chi connectivity index (χ1) is 31.6. The highest BCUT2D eigenvalue weighted by Gasteiger charge is 2.58. The van der Waals surface area contributed by atoms with Crippen LogP contribution < -0.4 is 15.5 Å². The Labute approximate surface area is 388 Å². The summed E-state index contributed by atoms with van der Waals surface area (Å²) in [6.45, 7) is 14.5. The number of nitrogens with one attached hydrogen (secondary N) is 2. The average molecular weight is 862 g/mol. The first-order valence-corrected chi connectivity index (χ1v) is 25.6. The highest BCUT2D eigenvalue weighted by molar-refractivity contribution is 6.10. The molecule has 8 aliphatic rings. The number of hydrogen-bond acceptors (Lipinski definition) is 4. The van der Waals surface area contributed by atoms with Gasteiger partial charge in [-0.15, -0.1) is 0 Å². The quantitative estimate of drug-likeness (QED) is 0.196. The molecule has 2 N–H and O–H groups in total. The maximum absolute atomic E-state index is 11.5. The number of fused-ring (bicyclic) bond motifs is 9. The Hall–Kier alpha value is -4.67. The van der Waals surface area contributed by atoms with Gasteiger partial charge in [0.05, 0.1) is 34.9 Å². The molecule has 1 saturated heterocycles. The lowest BCUT2D eigenvalue weighted by Gasteiger charge is -2.59. The largest absolute Gasteiger partial charge is 0.628 e. The van der Waals surface area contributed by atoms with E-state index in [0.717, 1.165) is 52.9 Å². The van der Waals surface area contributed by atoms with Crippen molar-refractivity contribution in [2.45, 2.75) is 149 Å². The van der Waals surface area contributed by atoms with Crippen molar-refractivity contribution >= 4 is 33.2 Å². The van der Waals surface area contributed by atoms with E-state index in [9.17, 15) is 5.26 Å². The Balaban J connectivity index is 1.04. The van der Waals surface area contributed by atoms with Crippen molar-refractivity contribution in [2.24, 2.45) is 40.9 Å². The van der Waals surface area contributed by atoms with Gasteiger partial charge in [-0.1, -0.05) is 136 Å². The number of nitriles is 1. The van der Waals surface area contributed by atoms with Crippen molar-refractivity contribution in [3.8, 4) is 6.07 Å². The van der Waals surface area contributed by atoms with E-state index in [1.54, 1.807) is 0 Å². The van der Waals surface area contributed by atoms with Gasteiger partial charge in [-0.05, 0) is 148 Å². The smallest absolute Gasteiger partial charge is 0.101 e. The molecule has 3 saturated carbocycles. The van der Waals surface area contributed by atoms with Crippen LogP contribution in [-0.2, 0) is 0 Å². The van der Waals surface area contributed by atoms with E-state index in [1.165, 1.54) is 101 Å². The molecule has 6 heteroatoms. The molecule has 0 spiro atoms. The van der Waals surface area contributed by atoms with Gasteiger partial charge in [0.25, 0.3) is 0 Å². The second kappa shape index (κ2) is 16.0. The molecule has 65 heavy (non-hydrogen) atoms. The van der Waals surface area contributed by atoms with E-state index in [0.29, 0.717) is 29.6 Å². The van der Waals surface area contributed by atoms with Crippen LogP contribution in [0.5, 0.6) is 0 Å². The summed E-state index contributed by atoms with van der Waals surface area (Å²) in [6, 6.07) is 25.4. The van der Waals surface area contributed by atoms with E-state index in [-0.39, 0.29) is 36.5 Å². The second-order valence-electron chi connectivity index (χ2n) is 22.4. The third-order valence-electron chi connectivity index (χ3n) is 18.5. The summed E-state index contributed by atoms with van der Waals surface area (Å²) < 4.78 is 2.44. The predicted octanol–water partition coefficient (Wildman–Crippen LogP) is 13.5. The van der Waals surface area contributed by atoms with Gasteiger partial charge in [0, 0.05) is 34.5 Å². The van der Waals surface area contributed by atoms with E-state index < -0.39 is 0 Å². The van der Waals surface area contributed by atoms with Gasteiger partial charge < -0.3 is 25.4 Å². The third kappa shape index (κ3) is 6.57. The van der Waals surface area contributed by atoms with Gasteiger partial charge in [0.1, 0.15) is 6.07 Å². The lowest BCUT2D eigenvalue weighted by Crippen LogP contribution is -2.64. The molecule has 6 nitrogen and oxygen atoms in total.